The summed E-state index contributed by atoms with van der Waals surface area (Å²) in [4.78, 5) is 12.6. The van der Waals surface area contributed by atoms with Crippen molar-refractivity contribution in [2.45, 2.75) is 91.1 Å². The van der Waals surface area contributed by atoms with E-state index in [4.69, 9.17) is 27.9 Å². The van der Waals surface area contributed by atoms with E-state index in [1.807, 2.05) is 18.2 Å². The molecule has 4 nitrogen and oxygen atoms in total. The van der Waals surface area contributed by atoms with Gasteiger partial charge in [0.1, 0.15) is 5.75 Å². The van der Waals surface area contributed by atoms with Crippen LogP contribution in [0.15, 0.2) is 30.3 Å². The molecule has 2 rings (SSSR count). The zero-order chi connectivity index (χ0) is 24.2. The molecule has 6 heteroatoms. The lowest BCUT2D eigenvalue weighted by atomic mass is 10.0. The van der Waals surface area contributed by atoms with Crippen molar-refractivity contribution >= 4 is 34.8 Å². The van der Waals surface area contributed by atoms with Crippen LogP contribution < -0.4 is 10.1 Å². The van der Waals surface area contributed by atoms with Crippen LogP contribution in [-0.4, -0.2) is 17.1 Å². The third kappa shape index (κ3) is 9.10. The van der Waals surface area contributed by atoms with Crippen molar-refractivity contribution in [1.82, 2.24) is 0 Å². The number of hydrogen-bond donors (Lipinski definition) is 2. The van der Waals surface area contributed by atoms with E-state index in [0.29, 0.717) is 16.3 Å². The van der Waals surface area contributed by atoms with Crippen LogP contribution in [0.3, 0.4) is 0 Å². The van der Waals surface area contributed by atoms with Gasteiger partial charge in [-0.1, -0.05) is 93.6 Å². The Morgan fingerprint density at radius 1 is 1.03 bits per heavy atom. The molecule has 0 spiro atoms. The first-order valence-corrected chi connectivity index (χ1v) is 12.8. The highest BCUT2D eigenvalue weighted by Crippen LogP contribution is 2.38. The van der Waals surface area contributed by atoms with Crippen molar-refractivity contribution in [3.05, 3.63) is 51.5 Å². The summed E-state index contributed by atoms with van der Waals surface area (Å²) in [5.41, 5.74) is 1.93. The van der Waals surface area contributed by atoms with Crippen molar-refractivity contribution in [2.24, 2.45) is 0 Å². The third-order valence-electron chi connectivity index (χ3n) is 5.83. The molecule has 1 atom stereocenters. The molecule has 0 saturated heterocycles. The average Bonchev–Trinajstić information content (AvgIpc) is 2.80. The number of anilines is 1. The number of phenols is 1. The predicted octanol–water partition coefficient (Wildman–Crippen LogP) is 8.49. The lowest BCUT2D eigenvalue weighted by Gasteiger charge is -2.17. The van der Waals surface area contributed by atoms with E-state index in [1.165, 1.54) is 63.0 Å². The molecule has 0 radical (unpaired) electrons. The Kier molecular flexibility index (Phi) is 11.9. The molecule has 1 unspecified atom stereocenters. The molecule has 0 aliphatic heterocycles. The minimum Gasteiger partial charge on any atom is -0.504 e. The topological polar surface area (TPSA) is 58.6 Å². The van der Waals surface area contributed by atoms with E-state index < -0.39 is 12.0 Å². The number of carbonyl (C=O) groups is 1. The summed E-state index contributed by atoms with van der Waals surface area (Å²) in [7, 11) is 0. The highest BCUT2D eigenvalue weighted by molar-refractivity contribution is 6.37. The Morgan fingerprint density at radius 2 is 1.67 bits per heavy atom. The van der Waals surface area contributed by atoms with Gasteiger partial charge in [-0.2, -0.15) is 0 Å². The Balaban J connectivity index is 1.79. The minimum atomic E-state index is -0.758. The van der Waals surface area contributed by atoms with E-state index in [9.17, 15) is 9.90 Å². The summed E-state index contributed by atoms with van der Waals surface area (Å²) in [5, 5.41) is 13.3. The highest BCUT2D eigenvalue weighted by Gasteiger charge is 2.19. The molecule has 2 N–H and O–H groups in total. The molecule has 0 aliphatic carbocycles. The fraction of sp³-hybridized carbons (Fsp3) is 0.519. The van der Waals surface area contributed by atoms with Crippen LogP contribution in [0.25, 0.3) is 0 Å². The van der Waals surface area contributed by atoms with Crippen LogP contribution in [0.2, 0.25) is 10.0 Å². The van der Waals surface area contributed by atoms with Crippen LogP contribution in [0.5, 0.6) is 11.5 Å². The monoisotopic (exact) mass is 493 g/mol. The number of hydrogen-bond acceptors (Lipinski definition) is 3. The first-order valence-electron chi connectivity index (χ1n) is 12.1. The molecule has 0 heterocycles. The number of ether oxygens (including phenoxy) is 1. The maximum Gasteiger partial charge on any atom is 0.265 e. The zero-order valence-corrected chi connectivity index (χ0v) is 21.6. The molecule has 0 fully saturated rings. The third-order valence-corrected chi connectivity index (χ3v) is 6.68. The van der Waals surface area contributed by atoms with Gasteiger partial charge in [0.2, 0.25) is 0 Å². The number of halogens is 2. The number of aromatic hydroxyl groups is 1. The Hall–Kier alpha value is -1.91. The van der Waals surface area contributed by atoms with Crippen molar-refractivity contribution in [1.29, 1.82) is 0 Å². The quantitative estimate of drug-likeness (QED) is 0.205. The van der Waals surface area contributed by atoms with Crippen LogP contribution >= 0.6 is 23.2 Å². The maximum atomic E-state index is 12.6. The maximum absolute atomic E-state index is 12.6. The number of aryl methyl sites for hydroxylation is 1. The average molecular weight is 495 g/mol. The van der Waals surface area contributed by atoms with Crippen molar-refractivity contribution in [2.75, 3.05) is 5.32 Å². The number of rotatable bonds is 14. The standard InChI is InChI=1S/C27H37Cl2NO3/c1-4-5-6-7-8-9-10-11-12-14-21-15-13-16-22(17-21)33-20(3)27(32)30-24-18-23(28)19(2)25(29)26(24)31/h13,15-18,20,31H,4-12,14H2,1-3H3,(H,30,32). The first-order chi connectivity index (χ1) is 15.8. The molecule has 182 valence electrons. The van der Waals surface area contributed by atoms with Crippen LogP contribution in [0.1, 0.15) is 82.8 Å². The van der Waals surface area contributed by atoms with Crippen LogP contribution in [-0.2, 0) is 11.2 Å². The normalized spacial score (nSPS) is 11.9. The largest absolute Gasteiger partial charge is 0.504 e. The van der Waals surface area contributed by atoms with E-state index in [1.54, 1.807) is 13.8 Å². The Morgan fingerprint density at radius 3 is 2.33 bits per heavy atom. The molecule has 33 heavy (non-hydrogen) atoms. The Bertz CT molecular complexity index is 901. The lowest BCUT2D eigenvalue weighted by Crippen LogP contribution is -2.30. The summed E-state index contributed by atoms with van der Waals surface area (Å²) in [6.07, 6.45) is 12.0. The SMILES string of the molecule is CCCCCCCCCCCc1cccc(OC(C)C(=O)Nc2cc(Cl)c(C)c(Cl)c2O)c1. The second-order valence-electron chi connectivity index (χ2n) is 8.67. The number of carbonyl (C=O) groups excluding carboxylic acids is 1. The summed E-state index contributed by atoms with van der Waals surface area (Å²) in [5.74, 6) is 0.0444. The lowest BCUT2D eigenvalue weighted by molar-refractivity contribution is -0.122. The molecule has 2 aromatic carbocycles. The number of benzene rings is 2. The number of phenolic OH excluding ortho intramolecular Hbond substituents is 1. The van der Waals surface area contributed by atoms with Gasteiger partial charge in [-0.05, 0) is 56.0 Å². The molecular weight excluding hydrogens is 457 g/mol. The van der Waals surface area contributed by atoms with Gasteiger partial charge >= 0.3 is 0 Å². The molecule has 0 saturated carbocycles. The predicted molar refractivity (Wildman–Crippen MR) is 139 cm³/mol. The Labute approximate surface area is 208 Å². The van der Waals surface area contributed by atoms with Gasteiger partial charge in [0.15, 0.2) is 11.9 Å². The number of nitrogens with one attached hydrogen (secondary N) is 1. The van der Waals surface area contributed by atoms with E-state index in [-0.39, 0.29) is 16.5 Å². The molecule has 2 aromatic rings. The van der Waals surface area contributed by atoms with Crippen molar-refractivity contribution < 1.29 is 14.6 Å². The second-order valence-corrected chi connectivity index (χ2v) is 9.45. The summed E-state index contributed by atoms with van der Waals surface area (Å²) in [6, 6.07) is 9.37. The van der Waals surface area contributed by atoms with Gasteiger partial charge in [0.05, 0.1) is 10.7 Å². The minimum absolute atomic E-state index is 0.121. The van der Waals surface area contributed by atoms with E-state index in [2.05, 4.69) is 18.3 Å². The molecule has 0 bridgehead atoms. The van der Waals surface area contributed by atoms with Gasteiger partial charge in [0, 0.05) is 5.02 Å². The summed E-state index contributed by atoms with van der Waals surface area (Å²) in [6.45, 7) is 5.61. The van der Waals surface area contributed by atoms with E-state index in [0.717, 1.165) is 12.8 Å². The van der Waals surface area contributed by atoms with Gasteiger partial charge < -0.3 is 15.2 Å². The van der Waals surface area contributed by atoms with Crippen molar-refractivity contribution in [3.63, 3.8) is 0 Å². The summed E-state index contributed by atoms with van der Waals surface area (Å²) < 4.78 is 5.85. The molecular formula is C27H37Cl2NO3. The molecule has 0 aromatic heterocycles. The van der Waals surface area contributed by atoms with Gasteiger partial charge in [-0.3, -0.25) is 4.79 Å². The molecule has 0 aliphatic rings. The fourth-order valence-electron chi connectivity index (χ4n) is 3.71. The van der Waals surface area contributed by atoms with Crippen LogP contribution in [0, 0.1) is 6.92 Å². The van der Waals surface area contributed by atoms with Gasteiger partial charge in [0.25, 0.3) is 5.91 Å². The zero-order valence-electron chi connectivity index (χ0n) is 20.1. The van der Waals surface area contributed by atoms with Gasteiger partial charge in [-0.25, -0.2) is 0 Å². The van der Waals surface area contributed by atoms with E-state index >= 15 is 0 Å². The molecule has 1 amide bonds. The fourth-order valence-corrected chi connectivity index (χ4v) is 4.16. The second kappa shape index (κ2) is 14.4. The number of unbranched alkanes of at least 4 members (excludes halogenated alkanes) is 8. The summed E-state index contributed by atoms with van der Waals surface area (Å²) >= 11 is 12.2. The van der Waals surface area contributed by atoms with Gasteiger partial charge in [-0.15, -0.1) is 0 Å². The van der Waals surface area contributed by atoms with Crippen molar-refractivity contribution in [3.8, 4) is 11.5 Å². The van der Waals surface area contributed by atoms with Crippen LogP contribution in [0.4, 0.5) is 5.69 Å². The highest BCUT2D eigenvalue weighted by atomic mass is 35.5. The first kappa shape index (κ1) is 27.3. The number of amides is 1. The smallest absolute Gasteiger partial charge is 0.265 e.